The fourth-order valence-corrected chi connectivity index (χ4v) is 2.17. The molecular weight excluding hydrogens is 170 g/mol. The Bertz CT molecular complexity index is 313. The van der Waals surface area contributed by atoms with E-state index in [2.05, 4.69) is 36.7 Å². The van der Waals surface area contributed by atoms with Crippen molar-refractivity contribution in [1.29, 1.82) is 0 Å². The summed E-state index contributed by atoms with van der Waals surface area (Å²) in [5.74, 6) is 0.967. The van der Waals surface area contributed by atoms with Crippen molar-refractivity contribution in [3.05, 3.63) is 29.6 Å². The average molecular weight is 190 g/mol. The van der Waals surface area contributed by atoms with Crippen molar-refractivity contribution in [2.75, 3.05) is 0 Å². The maximum absolute atomic E-state index is 2.38. The van der Waals surface area contributed by atoms with Crippen molar-refractivity contribution >= 4 is 0 Å². The van der Waals surface area contributed by atoms with Crippen molar-refractivity contribution in [1.82, 2.24) is 0 Å². The Labute approximate surface area is 86.8 Å². The van der Waals surface area contributed by atoms with Crippen molar-refractivity contribution in [3.63, 3.8) is 0 Å². The fraction of sp³-hybridized carbons (Fsp3) is 0.615. The number of rotatable bonds is 3. The van der Waals surface area contributed by atoms with Crippen LogP contribution in [0.1, 0.15) is 37.4 Å². The molecule has 0 saturated heterocycles. The van der Waals surface area contributed by atoms with Crippen LogP contribution in [0, 0.1) is 12.8 Å². The minimum absolute atomic E-state index is 0.967. The Hall–Kier alpha value is -0.850. The first-order valence-electron chi connectivity index (χ1n) is 5.78. The van der Waals surface area contributed by atoms with Gasteiger partial charge in [-0.15, -0.1) is 0 Å². The highest BCUT2D eigenvalue weighted by Crippen LogP contribution is 2.28. The lowest BCUT2D eigenvalue weighted by molar-refractivity contribution is -0.701. The normalized spacial score (nSPS) is 16.7. The van der Waals surface area contributed by atoms with E-state index in [9.17, 15) is 0 Å². The molecule has 0 spiro atoms. The van der Waals surface area contributed by atoms with Crippen LogP contribution in [0.5, 0.6) is 0 Å². The molecule has 1 aromatic heterocycles. The second-order valence-electron chi connectivity index (χ2n) is 4.48. The summed E-state index contributed by atoms with van der Waals surface area (Å²) in [7, 11) is 0. The van der Waals surface area contributed by atoms with Crippen molar-refractivity contribution in [2.45, 2.75) is 46.1 Å². The maximum Gasteiger partial charge on any atom is 0.181 e. The number of aromatic nitrogens is 1. The van der Waals surface area contributed by atoms with Gasteiger partial charge in [-0.25, -0.2) is 4.57 Å². The van der Waals surface area contributed by atoms with E-state index in [-0.39, 0.29) is 0 Å². The molecular formula is C13H20N+. The zero-order valence-electron chi connectivity index (χ0n) is 9.29. The Morgan fingerprint density at radius 3 is 2.79 bits per heavy atom. The molecule has 0 atom stereocenters. The monoisotopic (exact) mass is 190 g/mol. The molecule has 0 bridgehead atoms. The molecule has 1 fully saturated rings. The standard InChI is InChI=1S/C13H20N/c1-3-14-8-7-11(2)9-13(14)10-12-5-4-6-12/h7-9,12H,3-6,10H2,1-2H3/q+1. The van der Waals surface area contributed by atoms with E-state index in [1.165, 1.54) is 36.9 Å². The van der Waals surface area contributed by atoms with Crippen LogP contribution in [0.25, 0.3) is 0 Å². The molecule has 0 amide bonds. The summed E-state index contributed by atoms with van der Waals surface area (Å²) in [6.07, 6.45) is 7.84. The molecule has 0 N–H and O–H groups in total. The predicted molar refractivity (Wildman–Crippen MR) is 58.1 cm³/mol. The Morgan fingerprint density at radius 2 is 2.21 bits per heavy atom. The summed E-state index contributed by atoms with van der Waals surface area (Å²) in [4.78, 5) is 0. The van der Waals surface area contributed by atoms with Gasteiger partial charge in [-0.2, -0.15) is 0 Å². The van der Waals surface area contributed by atoms with Crippen molar-refractivity contribution < 1.29 is 4.57 Å². The van der Waals surface area contributed by atoms with Crippen LogP contribution in [0.2, 0.25) is 0 Å². The number of hydrogen-bond donors (Lipinski definition) is 0. The van der Waals surface area contributed by atoms with Gasteiger partial charge in [0, 0.05) is 18.6 Å². The van der Waals surface area contributed by atoms with Gasteiger partial charge in [-0.1, -0.05) is 6.42 Å². The van der Waals surface area contributed by atoms with E-state index >= 15 is 0 Å². The van der Waals surface area contributed by atoms with Gasteiger partial charge in [0.2, 0.25) is 0 Å². The first-order chi connectivity index (χ1) is 6.79. The van der Waals surface area contributed by atoms with Gasteiger partial charge in [-0.3, -0.25) is 0 Å². The minimum Gasteiger partial charge on any atom is -0.203 e. The second kappa shape index (κ2) is 4.12. The third-order valence-corrected chi connectivity index (χ3v) is 3.34. The van der Waals surface area contributed by atoms with Crippen molar-refractivity contribution in [2.24, 2.45) is 5.92 Å². The molecule has 0 aromatic carbocycles. The van der Waals surface area contributed by atoms with Crippen LogP contribution in [0.3, 0.4) is 0 Å². The molecule has 1 heterocycles. The average Bonchev–Trinajstić information content (AvgIpc) is 2.12. The fourth-order valence-electron chi connectivity index (χ4n) is 2.17. The van der Waals surface area contributed by atoms with Crippen LogP contribution in [0.15, 0.2) is 18.3 Å². The minimum atomic E-state index is 0.967. The van der Waals surface area contributed by atoms with Gasteiger partial charge in [0.15, 0.2) is 11.9 Å². The van der Waals surface area contributed by atoms with E-state index < -0.39 is 0 Å². The van der Waals surface area contributed by atoms with Gasteiger partial charge in [0.25, 0.3) is 0 Å². The van der Waals surface area contributed by atoms with E-state index in [0.29, 0.717) is 0 Å². The van der Waals surface area contributed by atoms with Crippen molar-refractivity contribution in [3.8, 4) is 0 Å². The lowest BCUT2D eigenvalue weighted by atomic mass is 9.82. The number of aryl methyl sites for hydroxylation is 2. The summed E-state index contributed by atoms with van der Waals surface area (Å²) in [5.41, 5.74) is 2.92. The molecule has 0 aliphatic heterocycles. The van der Waals surface area contributed by atoms with Gasteiger partial charge in [0.05, 0.1) is 0 Å². The molecule has 0 radical (unpaired) electrons. The summed E-state index contributed by atoms with van der Waals surface area (Å²) >= 11 is 0. The number of hydrogen-bond acceptors (Lipinski definition) is 0. The zero-order chi connectivity index (χ0) is 9.97. The van der Waals surface area contributed by atoms with E-state index in [1.807, 2.05) is 0 Å². The van der Waals surface area contributed by atoms with Crippen LogP contribution in [-0.4, -0.2) is 0 Å². The molecule has 1 heteroatoms. The molecule has 14 heavy (non-hydrogen) atoms. The van der Waals surface area contributed by atoms with Crippen LogP contribution >= 0.6 is 0 Å². The first kappa shape index (κ1) is 9.70. The van der Waals surface area contributed by atoms with Gasteiger partial charge in [-0.05, 0) is 38.2 Å². The predicted octanol–water partition coefficient (Wildman–Crippen LogP) is 2.65. The highest BCUT2D eigenvalue weighted by molar-refractivity contribution is 5.11. The lowest BCUT2D eigenvalue weighted by Gasteiger charge is -2.24. The highest BCUT2D eigenvalue weighted by Gasteiger charge is 2.21. The molecule has 1 aliphatic rings. The third kappa shape index (κ3) is 1.97. The lowest BCUT2D eigenvalue weighted by Crippen LogP contribution is -2.38. The Kier molecular flexibility index (Phi) is 2.85. The zero-order valence-corrected chi connectivity index (χ0v) is 9.29. The quantitative estimate of drug-likeness (QED) is 0.645. The largest absolute Gasteiger partial charge is 0.203 e. The topological polar surface area (TPSA) is 3.88 Å². The Morgan fingerprint density at radius 1 is 1.43 bits per heavy atom. The molecule has 0 unspecified atom stereocenters. The van der Waals surface area contributed by atoms with Crippen LogP contribution in [-0.2, 0) is 13.0 Å². The summed E-state index contributed by atoms with van der Waals surface area (Å²) < 4.78 is 2.38. The first-order valence-corrected chi connectivity index (χ1v) is 5.78. The molecule has 1 aromatic rings. The highest BCUT2D eigenvalue weighted by atomic mass is 14.9. The maximum atomic E-state index is 2.38. The van der Waals surface area contributed by atoms with Gasteiger partial charge >= 0.3 is 0 Å². The summed E-state index contributed by atoms with van der Waals surface area (Å²) in [6, 6.07) is 4.55. The van der Waals surface area contributed by atoms with E-state index in [1.54, 1.807) is 0 Å². The number of pyridine rings is 1. The molecule has 76 valence electrons. The van der Waals surface area contributed by atoms with E-state index in [0.717, 1.165) is 12.5 Å². The Balaban J connectivity index is 2.15. The van der Waals surface area contributed by atoms with Gasteiger partial charge in [0.1, 0.15) is 6.54 Å². The number of nitrogens with zero attached hydrogens (tertiary/aromatic N) is 1. The van der Waals surface area contributed by atoms with E-state index in [4.69, 9.17) is 0 Å². The smallest absolute Gasteiger partial charge is 0.181 e. The second-order valence-corrected chi connectivity index (χ2v) is 4.48. The molecule has 2 rings (SSSR count). The summed E-state index contributed by atoms with van der Waals surface area (Å²) in [6.45, 7) is 5.51. The van der Waals surface area contributed by atoms with Crippen LogP contribution in [0.4, 0.5) is 0 Å². The molecule has 1 nitrogen and oxygen atoms in total. The molecule has 1 saturated carbocycles. The summed E-state index contributed by atoms with van der Waals surface area (Å²) in [5, 5.41) is 0. The third-order valence-electron chi connectivity index (χ3n) is 3.34. The van der Waals surface area contributed by atoms with Crippen LogP contribution < -0.4 is 4.57 Å². The SMILES string of the molecule is CC[n+]1ccc(C)cc1CC1CCC1. The van der Waals surface area contributed by atoms with Gasteiger partial charge < -0.3 is 0 Å². The molecule has 1 aliphatic carbocycles.